The van der Waals surface area contributed by atoms with Gasteiger partial charge in [0.1, 0.15) is 0 Å². The molecule has 1 amide bonds. The van der Waals surface area contributed by atoms with E-state index < -0.39 is 0 Å². The number of rotatable bonds is 6. The van der Waals surface area contributed by atoms with Gasteiger partial charge in [0.25, 0.3) is 0 Å². The lowest BCUT2D eigenvalue weighted by Gasteiger charge is -2.22. The number of hydrogen-bond donors (Lipinski definition) is 2. The summed E-state index contributed by atoms with van der Waals surface area (Å²) in [4.78, 5) is 11.8. The van der Waals surface area contributed by atoms with Crippen LogP contribution < -0.4 is 10.6 Å². The molecular formula is C12H24N2O. The summed E-state index contributed by atoms with van der Waals surface area (Å²) in [6, 6.07) is 0. The SMILES string of the molecule is CCCCCCNC(=O)C1(C)CCCN1. The van der Waals surface area contributed by atoms with Crippen molar-refractivity contribution in [2.24, 2.45) is 0 Å². The van der Waals surface area contributed by atoms with Crippen LogP contribution in [0.3, 0.4) is 0 Å². The van der Waals surface area contributed by atoms with Crippen molar-refractivity contribution in [2.45, 2.75) is 57.9 Å². The van der Waals surface area contributed by atoms with E-state index >= 15 is 0 Å². The molecule has 0 aromatic rings. The average molecular weight is 212 g/mol. The van der Waals surface area contributed by atoms with E-state index in [-0.39, 0.29) is 11.4 Å². The molecule has 15 heavy (non-hydrogen) atoms. The van der Waals surface area contributed by atoms with Crippen molar-refractivity contribution in [3.05, 3.63) is 0 Å². The molecule has 3 heteroatoms. The molecule has 1 heterocycles. The van der Waals surface area contributed by atoms with Crippen LogP contribution in [0, 0.1) is 0 Å². The average Bonchev–Trinajstić information content (AvgIpc) is 2.66. The number of amides is 1. The largest absolute Gasteiger partial charge is 0.355 e. The monoisotopic (exact) mass is 212 g/mol. The van der Waals surface area contributed by atoms with Crippen molar-refractivity contribution in [1.29, 1.82) is 0 Å². The second-order valence-electron chi connectivity index (χ2n) is 4.68. The maximum atomic E-state index is 11.8. The van der Waals surface area contributed by atoms with Crippen LogP contribution in [-0.2, 0) is 4.79 Å². The van der Waals surface area contributed by atoms with E-state index in [2.05, 4.69) is 17.6 Å². The van der Waals surface area contributed by atoms with E-state index in [0.29, 0.717) is 0 Å². The second-order valence-corrected chi connectivity index (χ2v) is 4.68. The molecule has 1 saturated heterocycles. The molecule has 0 bridgehead atoms. The molecule has 1 rings (SSSR count). The number of nitrogens with one attached hydrogen (secondary N) is 2. The molecule has 1 aliphatic rings. The minimum absolute atomic E-state index is 0.177. The van der Waals surface area contributed by atoms with Crippen molar-refractivity contribution < 1.29 is 4.79 Å². The predicted molar refractivity (Wildman–Crippen MR) is 62.8 cm³/mol. The lowest BCUT2D eigenvalue weighted by Crippen LogP contribution is -2.51. The fraction of sp³-hybridized carbons (Fsp3) is 0.917. The van der Waals surface area contributed by atoms with Gasteiger partial charge in [0.2, 0.25) is 5.91 Å². The van der Waals surface area contributed by atoms with E-state index in [4.69, 9.17) is 0 Å². The van der Waals surface area contributed by atoms with Gasteiger partial charge in [-0.3, -0.25) is 4.79 Å². The van der Waals surface area contributed by atoms with Gasteiger partial charge in [0, 0.05) is 6.54 Å². The standard InChI is InChI=1S/C12H24N2O/c1-3-4-5-6-9-13-11(15)12(2)8-7-10-14-12/h14H,3-10H2,1-2H3,(H,13,15). The fourth-order valence-electron chi connectivity index (χ4n) is 2.04. The Kier molecular flexibility index (Phi) is 5.09. The van der Waals surface area contributed by atoms with Crippen LogP contribution in [0.4, 0.5) is 0 Å². The summed E-state index contributed by atoms with van der Waals surface area (Å²) < 4.78 is 0. The molecule has 3 nitrogen and oxygen atoms in total. The Hall–Kier alpha value is -0.570. The Bertz CT molecular complexity index is 198. The van der Waals surface area contributed by atoms with Crippen molar-refractivity contribution >= 4 is 5.91 Å². The molecule has 0 aromatic carbocycles. The van der Waals surface area contributed by atoms with Crippen LogP contribution in [0.15, 0.2) is 0 Å². The van der Waals surface area contributed by atoms with Gasteiger partial charge in [0.15, 0.2) is 0 Å². The van der Waals surface area contributed by atoms with Gasteiger partial charge in [0.05, 0.1) is 5.54 Å². The minimum atomic E-state index is -0.301. The van der Waals surface area contributed by atoms with Crippen molar-refractivity contribution in [3.63, 3.8) is 0 Å². The van der Waals surface area contributed by atoms with Crippen molar-refractivity contribution in [1.82, 2.24) is 10.6 Å². The van der Waals surface area contributed by atoms with Gasteiger partial charge in [-0.1, -0.05) is 26.2 Å². The topological polar surface area (TPSA) is 41.1 Å². The number of carbonyl (C=O) groups excluding carboxylic acids is 1. The van der Waals surface area contributed by atoms with Gasteiger partial charge >= 0.3 is 0 Å². The summed E-state index contributed by atoms with van der Waals surface area (Å²) in [5, 5.41) is 6.30. The highest BCUT2D eigenvalue weighted by Crippen LogP contribution is 2.18. The minimum Gasteiger partial charge on any atom is -0.355 e. The van der Waals surface area contributed by atoms with Gasteiger partial charge in [-0.05, 0) is 32.7 Å². The molecular weight excluding hydrogens is 188 g/mol. The molecule has 2 N–H and O–H groups in total. The summed E-state index contributed by atoms with van der Waals surface area (Å²) >= 11 is 0. The van der Waals surface area contributed by atoms with Crippen LogP contribution in [0.5, 0.6) is 0 Å². The van der Waals surface area contributed by atoms with Crippen LogP contribution in [0.1, 0.15) is 52.4 Å². The lowest BCUT2D eigenvalue weighted by atomic mass is 9.99. The molecule has 1 unspecified atom stereocenters. The molecule has 88 valence electrons. The Balaban J connectivity index is 2.12. The zero-order valence-corrected chi connectivity index (χ0v) is 10.1. The Labute approximate surface area is 93.0 Å². The summed E-state index contributed by atoms with van der Waals surface area (Å²) in [6.45, 7) is 6.00. The number of hydrogen-bond acceptors (Lipinski definition) is 2. The summed E-state index contributed by atoms with van der Waals surface area (Å²) in [5.74, 6) is 0.177. The lowest BCUT2D eigenvalue weighted by molar-refractivity contribution is -0.126. The Morgan fingerprint density at radius 2 is 2.20 bits per heavy atom. The number of unbranched alkanes of at least 4 members (excludes halogenated alkanes) is 3. The maximum Gasteiger partial charge on any atom is 0.240 e. The zero-order chi connectivity index (χ0) is 11.1. The molecule has 1 aliphatic heterocycles. The van der Waals surface area contributed by atoms with Crippen LogP contribution in [-0.4, -0.2) is 24.5 Å². The van der Waals surface area contributed by atoms with Crippen molar-refractivity contribution in [3.8, 4) is 0 Å². The highest BCUT2D eigenvalue weighted by Gasteiger charge is 2.35. The van der Waals surface area contributed by atoms with Crippen LogP contribution in [0.25, 0.3) is 0 Å². The zero-order valence-electron chi connectivity index (χ0n) is 10.1. The van der Waals surface area contributed by atoms with Crippen LogP contribution >= 0.6 is 0 Å². The fourth-order valence-corrected chi connectivity index (χ4v) is 2.04. The number of carbonyl (C=O) groups is 1. The first kappa shape index (κ1) is 12.5. The molecule has 0 radical (unpaired) electrons. The quantitative estimate of drug-likeness (QED) is 0.659. The van der Waals surface area contributed by atoms with E-state index in [1.54, 1.807) is 0 Å². The smallest absolute Gasteiger partial charge is 0.240 e. The normalized spacial score (nSPS) is 25.5. The first-order valence-corrected chi connectivity index (χ1v) is 6.22. The van der Waals surface area contributed by atoms with E-state index in [1.165, 1.54) is 19.3 Å². The predicted octanol–water partition coefficient (Wildman–Crippen LogP) is 1.82. The van der Waals surface area contributed by atoms with Gasteiger partial charge in [-0.25, -0.2) is 0 Å². The Morgan fingerprint density at radius 3 is 2.80 bits per heavy atom. The van der Waals surface area contributed by atoms with E-state index in [1.807, 2.05) is 6.92 Å². The third kappa shape index (κ3) is 3.82. The van der Waals surface area contributed by atoms with Gasteiger partial charge < -0.3 is 10.6 Å². The molecule has 0 spiro atoms. The van der Waals surface area contributed by atoms with E-state index in [9.17, 15) is 4.79 Å². The first-order valence-electron chi connectivity index (χ1n) is 6.22. The van der Waals surface area contributed by atoms with E-state index in [0.717, 1.165) is 32.4 Å². The first-order chi connectivity index (χ1) is 7.19. The van der Waals surface area contributed by atoms with Crippen molar-refractivity contribution in [2.75, 3.05) is 13.1 Å². The third-order valence-electron chi connectivity index (χ3n) is 3.19. The summed E-state index contributed by atoms with van der Waals surface area (Å²) in [6.07, 6.45) is 6.92. The second kappa shape index (κ2) is 6.11. The third-order valence-corrected chi connectivity index (χ3v) is 3.19. The Morgan fingerprint density at radius 1 is 1.40 bits per heavy atom. The molecule has 1 atom stereocenters. The summed E-state index contributed by atoms with van der Waals surface area (Å²) in [7, 11) is 0. The maximum absolute atomic E-state index is 11.8. The van der Waals surface area contributed by atoms with Crippen LogP contribution in [0.2, 0.25) is 0 Å². The summed E-state index contributed by atoms with van der Waals surface area (Å²) in [5.41, 5.74) is -0.301. The molecule has 1 fully saturated rings. The molecule has 0 saturated carbocycles. The van der Waals surface area contributed by atoms with Gasteiger partial charge in [-0.2, -0.15) is 0 Å². The molecule has 0 aliphatic carbocycles. The highest BCUT2D eigenvalue weighted by molar-refractivity contribution is 5.86. The van der Waals surface area contributed by atoms with Gasteiger partial charge in [-0.15, -0.1) is 0 Å². The molecule has 0 aromatic heterocycles. The highest BCUT2D eigenvalue weighted by atomic mass is 16.2.